The number of benzene rings is 1. The summed E-state index contributed by atoms with van der Waals surface area (Å²) in [5.41, 5.74) is 2.64. The summed E-state index contributed by atoms with van der Waals surface area (Å²) < 4.78 is 11.1. The third-order valence-electron chi connectivity index (χ3n) is 5.50. The highest BCUT2D eigenvalue weighted by atomic mass is 16.5. The van der Waals surface area contributed by atoms with E-state index in [0.29, 0.717) is 25.0 Å². The second-order valence-corrected chi connectivity index (χ2v) is 7.34. The first kappa shape index (κ1) is 18.1. The molecular formula is C21H31NO3. The van der Waals surface area contributed by atoms with Crippen molar-refractivity contribution in [3.05, 3.63) is 29.3 Å². The maximum Gasteiger partial charge on any atom is 0.407 e. The summed E-state index contributed by atoms with van der Waals surface area (Å²) in [4.78, 5) is 11.8. The zero-order chi connectivity index (χ0) is 17.5. The summed E-state index contributed by atoms with van der Waals surface area (Å²) >= 11 is 0. The molecule has 0 saturated heterocycles. The first-order valence-corrected chi connectivity index (χ1v) is 9.95. The van der Waals surface area contributed by atoms with Crippen molar-refractivity contribution in [3.8, 4) is 5.75 Å². The van der Waals surface area contributed by atoms with Gasteiger partial charge in [0.2, 0.25) is 0 Å². The average Bonchev–Trinajstić information content (AvgIpc) is 2.66. The van der Waals surface area contributed by atoms with Gasteiger partial charge in [-0.3, -0.25) is 0 Å². The summed E-state index contributed by atoms with van der Waals surface area (Å²) in [5, 5.41) is 2.91. The molecule has 4 heteroatoms. The van der Waals surface area contributed by atoms with Crippen molar-refractivity contribution in [3.63, 3.8) is 0 Å². The highest BCUT2D eigenvalue weighted by molar-refractivity contribution is 5.67. The number of hydrogen-bond acceptors (Lipinski definition) is 3. The van der Waals surface area contributed by atoms with Crippen molar-refractivity contribution in [1.82, 2.24) is 5.32 Å². The molecule has 0 bridgehead atoms. The molecule has 4 nitrogen and oxygen atoms in total. The quantitative estimate of drug-likeness (QED) is 0.727. The van der Waals surface area contributed by atoms with Crippen molar-refractivity contribution >= 4 is 6.09 Å². The maximum atomic E-state index is 11.8. The molecule has 1 saturated carbocycles. The van der Waals surface area contributed by atoms with Crippen LogP contribution in [0.3, 0.4) is 0 Å². The molecule has 1 aromatic carbocycles. The van der Waals surface area contributed by atoms with Crippen molar-refractivity contribution in [2.75, 3.05) is 19.8 Å². The number of fused-ring (bicyclic) bond motifs is 1. The fraction of sp³-hybridized carbons (Fsp3) is 0.667. The van der Waals surface area contributed by atoms with Gasteiger partial charge in [0.05, 0.1) is 13.2 Å². The minimum Gasteiger partial charge on any atom is -0.493 e. The highest BCUT2D eigenvalue weighted by Crippen LogP contribution is 2.39. The van der Waals surface area contributed by atoms with Crippen LogP contribution in [-0.2, 0) is 4.74 Å². The van der Waals surface area contributed by atoms with Crippen molar-refractivity contribution in [1.29, 1.82) is 0 Å². The van der Waals surface area contributed by atoms with Crippen molar-refractivity contribution in [2.24, 2.45) is 0 Å². The zero-order valence-corrected chi connectivity index (χ0v) is 15.4. The molecule has 1 fully saturated rings. The number of alkyl carbamates (subject to hydrolysis) is 1. The van der Waals surface area contributed by atoms with E-state index in [4.69, 9.17) is 9.47 Å². The Morgan fingerprint density at radius 2 is 2.08 bits per heavy atom. The topological polar surface area (TPSA) is 47.6 Å². The molecule has 1 aliphatic carbocycles. The number of hydrogen-bond donors (Lipinski definition) is 1. The minimum atomic E-state index is -0.305. The first-order valence-electron chi connectivity index (χ1n) is 9.95. The Labute approximate surface area is 151 Å². The lowest BCUT2D eigenvalue weighted by Gasteiger charge is -2.28. The van der Waals surface area contributed by atoms with E-state index in [0.717, 1.165) is 31.6 Å². The molecule has 1 aromatic rings. The van der Waals surface area contributed by atoms with E-state index in [1.54, 1.807) is 0 Å². The van der Waals surface area contributed by atoms with E-state index in [-0.39, 0.29) is 6.09 Å². The van der Waals surface area contributed by atoms with Gasteiger partial charge in [0.25, 0.3) is 0 Å². The summed E-state index contributed by atoms with van der Waals surface area (Å²) in [7, 11) is 0. The molecule has 1 amide bonds. The third-order valence-corrected chi connectivity index (χ3v) is 5.50. The lowest BCUT2D eigenvalue weighted by Crippen LogP contribution is -2.31. The summed E-state index contributed by atoms with van der Waals surface area (Å²) in [6.45, 7) is 3.92. The zero-order valence-electron chi connectivity index (χ0n) is 15.4. The highest BCUT2D eigenvalue weighted by Gasteiger charge is 2.24. The van der Waals surface area contributed by atoms with Gasteiger partial charge in [-0.05, 0) is 48.8 Å². The molecule has 3 rings (SSSR count). The smallest absolute Gasteiger partial charge is 0.407 e. The summed E-state index contributed by atoms with van der Waals surface area (Å²) in [6, 6.07) is 6.74. The van der Waals surface area contributed by atoms with E-state index < -0.39 is 0 Å². The lowest BCUT2D eigenvalue weighted by molar-refractivity contribution is 0.143. The molecule has 0 aromatic heterocycles. The molecule has 1 unspecified atom stereocenters. The first-order chi connectivity index (χ1) is 12.3. The Kier molecular flexibility index (Phi) is 6.60. The predicted octanol–water partition coefficient (Wildman–Crippen LogP) is 5.13. The van der Waals surface area contributed by atoms with Gasteiger partial charge in [0.1, 0.15) is 5.75 Å². The van der Waals surface area contributed by atoms with Crippen LogP contribution < -0.4 is 10.1 Å². The number of carbonyl (C=O) groups is 1. The third kappa shape index (κ3) is 4.90. The minimum absolute atomic E-state index is 0.305. The molecule has 1 heterocycles. The fourth-order valence-electron chi connectivity index (χ4n) is 3.95. The van der Waals surface area contributed by atoms with Crippen LogP contribution in [0.4, 0.5) is 4.79 Å². The molecular weight excluding hydrogens is 314 g/mol. The van der Waals surface area contributed by atoms with Crippen LogP contribution in [0.1, 0.15) is 81.3 Å². The molecule has 25 heavy (non-hydrogen) atoms. The molecule has 0 radical (unpaired) electrons. The van der Waals surface area contributed by atoms with Crippen LogP contribution in [-0.4, -0.2) is 25.9 Å². The average molecular weight is 345 g/mol. The van der Waals surface area contributed by atoms with Crippen LogP contribution in [0.25, 0.3) is 0 Å². The standard InChI is InChI=1S/C21H31NO3/c1-2-3-12-25-21(23)22-15-18-11-13-24-20-14-17(9-10-19(18)20)16-7-5-4-6-8-16/h9-10,14,16,18H,2-8,11-13,15H2,1H3,(H,22,23). The number of carbonyl (C=O) groups excluding carboxylic acids is 1. The Morgan fingerprint density at radius 3 is 2.88 bits per heavy atom. The van der Waals surface area contributed by atoms with Crippen molar-refractivity contribution < 1.29 is 14.3 Å². The van der Waals surface area contributed by atoms with Crippen molar-refractivity contribution in [2.45, 2.75) is 70.1 Å². The molecule has 1 aliphatic heterocycles. The van der Waals surface area contributed by atoms with E-state index in [1.807, 2.05) is 0 Å². The van der Waals surface area contributed by atoms with Crippen LogP contribution in [0.5, 0.6) is 5.75 Å². The Hall–Kier alpha value is -1.71. The normalized spacial score (nSPS) is 20.4. The van der Waals surface area contributed by atoms with Crippen LogP contribution >= 0.6 is 0 Å². The Balaban J connectivity index is 1.58. The number of amides is 1. The summed E-state index contributed by atoms with van der Waals surface area (Å²) in [5.74, 6) is 2.01. The second kappa shape index (κ2) is 9.12. The van der Waals surface area contributed by atoms with Gasteiger partial charge >= 0.3 is 6.09 Å². The fourth-order valence-corrected chi connectivity index (χ4v) is 3.95. The summed E-state index contributed by atoms with van der Waals surface area (Å²) in [6.07, 6.45) is 9.23. The maximum absolute atomic E-state index is 11.8. The molecule has 1 atom stereocenters. The van der Waals surface area contributed by atoms with Gasteiger partial charge in [-0.2, -0.15) is 0 Å². The van der Waals surface area contributed by atoms with E-state index in [2.05, 4.69) is 30.4 Å². The van der Waals surface area contributed by atoms with Gasteiger partial charge in [-0.1, -0.05) is 44.7 Å². The second-order valence-electron chi connectivity index (χ2n) is 7.34. The van der Waals surface area contributed by atoms with Gasteiger partial charge in [-0.15, -0.1) is 0 Å². The Bertz CT molecular complexity index is 566. The molecule has 0 spiro atoms. The van der Waals surface area contributed by atoms with Crippen LogP contribution in [0.2, 0.25) is 0 Å². The largest absolute Gasteiger partial charge is 0.493 e. The molecule has 138 valence electrons. The molecule has 1 N–H and O–H groups in total. The predicted molar refractivity (Wildman–Crippen MR) is 99.4 cm³/mol. The van der Waals surface area contributed by atoms with Crippen LogP contribution in [0.15, 0.2) is 18.2 Å². The van der Waals surface area contributed by atoms with E-state index in [1.165, 1.54) is 43.2 Å². The van der Waals surface area contributed by atoms with Gasteiger partial charge < -0.3 is 14.8 Å². The SMILES string of the molecule is CCCCOC(=O)NCC1CCOc2cc(C3CCCCC3)ccc21. The van der Waals surface area contributed by atoms with Crippen LogP contribution in [0, 0.1) is 0 Å². The van der Waals surface area contributed by atoms with E-state index in [9.17, 15) is 4.79 Å². The number of rotatable bonds is 6. The molecule has 2 aliphatic rings. The lowest BCUT2D eigenvalue weighted by atomic mass is 9.82. The number of nitrogens with one attached hydrogen (secondary N) is 1. The number of ether oxygens (including phenoxy) is 2. The monoisotopic (exact) mass is 345 g/mol. The van der Waals surface area contributed by atoms with Gasteiger partial charge in [0.15, 0.2) is 0 Å². The Morgan fingerprint density at radius 1 is 1.24 bits per heavy atom. The number of unbranched alkanes of at least 4 members (excludes halogenated alkanes) is 1. The van der Waals surface area contributed by atoms with E-state index >= 15 is 0 Å². The van der Waals surface area contributed by atoms with Gasteiger partial charge in [-0.25, -0.2) is 4.79 Å². The van der Waals surface area contributed by atoms with Gasteiger partial charge in [0, 0.05) is 12.5 Å².